The number of likely N-dealkylation sites (N-methyl/N-ethyl adjacent to an activating group) is 2. The summed E-state index contributed by atoms with van der Waals surface area (Å²) < 4.78 is 6.38. The molecule has 0 bridgehead atoms. The molecule has 1 atom stereocenters. The van der Waals surface area contributed by atoms with Crippen molar-refractivity contribution in [2.75, 3.05) is 34.7 Å². The average molecular weight is 501 g/mol. The smallest absolute Gasteiger partial charge is 0.253 e. The van der Waals surface area contributed by atoms with Gasteiger partial charge in [0.25, 0.3) is 5.91 Å². The van der Waals surface area contributed by atoms with E-state index >= 15 is 0 Å². The van der Waals surface area contributed by atoms with Gasteiger partial charge in [-0.25, -0.2) is 4.99 Å². The molecular formula is C27H28N6O2S. The van der Waals surface area contributed by atoms with Crippen LogP contribution in [-0.2, 0) is 4.74 Å². The maximum atomic E-state index is 12.3. The van der Waals surface area contributed by atoms with Crippen LogP contribution in [0.25, 0.3) is 11.1 Å². The Bertz CT molecular complexity index is 1380. The highest BCUT2D eigenvalue weighted by atomic mass is 32.1. The molecule has 1 amide bonds. The molecule has 5 rings (SSSR count). The molecule has 3 aromatic rings. The Labute approximate surface area is 214 Å². The van der Waals surface area contributed by atoms with Crippen molar-refractivity contribution in [1.29, 1.82) is 0 Å². The molecule has 0 spiro atoms. The molecule has 2 aliphatic heterocycles. The fourth-order valence-corrected chi connectivity index (χ4v) is 4.89. The lowest BCUT2D eigenvalue weighted by Crippen LogP contribution is -2.39. The van der Waals surface area contributed by atoms with Gasteiger partial charge < -0.3 is 20.3 Å². The largest absolute Gasteiger partial charge is 0.444 e. The van der Waals surface area contributed by atoms with Crippen molar-refractivity contribution in [2.45, 2.75) is 6.23 Å². The molecule has 2 N–H and O–H groups in total. The summed E-state index contributed by atoms with van der Waals surface area (Å²) in [4.78, 5) is 20.7. The van der Waals surface area contributed by atoms with Crippen LogP contribution in [0.3, 0.4) is 0 Å². The van der Waals surface area contributed by atoms with E-state index in [-0.39, 0.29) is 5.91 Å². The Morgan fingerprint density at radius 3 is 2.44 bits per heavy atom. The number of hydrogen-bond acceptors (Lipinski definition) is 8. The van der Waals surface area contributed by atoms with Crippen molar-refractivity contribution in [3.63, 3.8) is 0 Å². The van der Waals surface area contributed by atoms with Gasteiger partial charge in [0.15, 0.2) is 0 Å². The summed E-state index contributed by atoms with van der Waals surface area (Å²) in [5, 5.41) is 10.6. The van der Waals surface area contributed by atoms with Crippen molar-refractivity contribution in [3.8, 4) is 11.1 Å². The van der Waals surface area contributed by atoms with Gasteiger partial charge in [-0.15, -0.1) is 5.10 Å². The first kappa shape index (κ1) is 23.6. The lowest BCUT2D eigenvalue weighted by Gasteiger charge is -2.30. The minimum atomic E-state index is -0.567. The van der Waals surface area contributed by atoms with Crippen molar-refractivity contribution in [3.05, 3.63) is 93.6 Å². The number of aliphatic imine (C=N–C) groups is 1. The van der Waals surface area contributed by atoms with Crippen molar-refractivity contribution < 1.29 is 9.53 Å². The van der Waals surface area contributed by atoms with E-state index in [9.17, 15) is 4.79 Å². The highest BCUT2D eigenvalue weighted by Gasteiger charge is 2.35. The van der Waals surface area contributed by atoms with Crippen LogP contribution in [0.5, 0.6) is 0 Å². The Balaban J connectivity index is 1.44. The first-order chi connectivity index (χ1) is 17.3. The van der Waals surface area contributed by atoms with Crippen molar-refractivity contribution in [2.24, 2.45) is 15.8 Å². The third-order valence-electron chi connectivity index (χ3n) is 6.22. The summed E-state index contributed by atoms with van der Waals surface area (Å²) in [5.74, 6) is 1.03. The first-order valence-electron chi connectivity index (χ1n) is 11.5. The van der Waals surface area contributed by atoms with Crippen LogP contribution in [-0.4, -0.2) is 73.3 Å². The molecular weight excluding hydrogens is 472 g/mol. The summed E-state index contributed by atoms with van der Waals surface area (Å²) >= 11 is 1.65. The Hall–Kier alpha value is -4.11. The van der Waals surface area contributed by atoms with Gasteiger partial charge in [-0.05, 0) is 51.7 Å². The second kappa shape index (κ2) is 9.50. The highest BCUT2D eigenvalue weighted by Crippen LogP contribution is 2.31. The molecule has 8 nitrogen and oxygen atoms in total. The maximum Gasteiger partial charge on any atom is 0.253 e. The van der Waals surface area contributed by atoms with Crippen LogP contribution in [0.4, 0.5) is 0 Å². The number of carbonyl (C=O) groups is 1. The first-order valence-corrected chi connectivity index (χ1v) is 12.5. The normalized spacial score (nSPS) is 17.6. The Morgan fingerprint density at radius 1 is 1.06 bits per heavy atom. The van der Waals surface area contributed by atoms with Crippen molar-refractivity contribution >= 4 is 28.9 Å². The summed E-state index contributed by atoms with van der Waals surface area (Å²) in [5.41, 5.74) is 12.6. The molecule has 0 fully saturated rings. The van der Waals surface area contributed by atoms with Gasteiger partial charge in [0.1, 0.15) is 11.5 Å². The van der Waals surface area contributed by atoms with Crippen LogP contribution in [0, 0.1) is 0 Å². The topological polar surface area (TPSA) is 86.8 Å². The summed E-state index contributed by atoms with van der Waals surface area (Å²) in [7, 11) is 7.26. The predicted octanol–water partition coefficient (Wildman–Crippen LogP) is 3.63. The standard InChI is InChI=1S/C27H28N6O2S/c1-31(2)26(34)18-11-9-17(10-12-18)22-15-32(3)24(28)23(29-22)27-33(4)30-25(35-27)21-8-6-5-7-20(21)19-13-14-36-16-19/h5-14,16,27H,15,28H2,1-4H3. The zero-order valence-corrected chi connectivity index (χ0v) is 21.5. The fraction of sp³-hybridized carbons (Fsp3) is 0.222. The third-order valence-corrected chi connectivity index (χ3v) is 6.91. The second-order valence-electron chi connectivity index (χ2n) is 8.97. The van der Waals surface area contributed by atoms with Gasteiger partial charge in [0.05, 0.1) is 12.3 Å². The van der Waals surface area contributed by atoms with E-state index in [4.69, 9.17) is 20.6 Å². The third kappa shape index (κ3) is 4.33. The number of benzene rings is 2. The summed E-state index contributed by atoms with van der Waals surface area (Å²) in [6.45, 7) is 0.543. The number of hydrazone groups is 1. The fourth-order valence-electron chi connectivity index (χ4n) is 4.23. The zero-order valence-electron chi connectivity index (χ0n) is 20.7. The Kier molecular flexibility index (Phi) is 6.24. The van der Waals surface area contributed by atoms with E-state index < -0.39 is 6.23 Å². The van der Waals surface area contributed by atoms with Gasteiger partial charge in [-0.1, -0.05) is 30.3 Å². The number of ether oxygens (including phenoxy) is 1. The number of nitrogens with zero attached hydrogens (tertiary/aromatic N) is 5. The molecule has 1 aromatic heterocycles. The molecule has 1 unspecified atom stereocenters. The zero-order chi connectivity index (χ0) is 25.4. The van der Waals surface area contributed by atoms with Gasteiger partial charge in [0, 0.05) is 39.3 Å². The van der Waals surface area contributed by atoms with Gasteiger partial charge in [0.2, 0.25) is 12.1 Å². The van der Waals surface area contributed by atoms with Gasteiger partial charge in [-0.2, -0.15) is 11.3 Å². The number of hydrogen-bond donors (Lipinski definition) is 1. The molecule has 3 heterocycles. The summed E-state index contributed by atoms with van der Waals surface area (Å²) in [6.07, 6.45) is -0.567. The monoisotopic (exact) mass is 500 g/mol. The molecule has 36 heavy (non-hydrogen) atoms. The second-order valence-corrected chi connectivity index (χ2v) is 9.75. The number of carbonyl (C=O) groups excluding carboxylic acids is 1. The van der Waals surface area contributed by atoms with Crippen LogP contribution in [0.1, 0.15) is 21.5 Å². The molecule has 0 saturated heterocycles. The van der Waals surface area contributed by atoms with E-state index in [0.29, 0.717) is 29.5 Å². The lowest BCUT2D eigenvalue weighted by molar-refractivity contribution is 0.0827. The van der Waals surface area contributed by atoms with E-state index in [1.165, 1.54) is 0 Å². The molecule has 0 radical (unpaired) electrons. The average Bonchev–Trinajstić information content (AvgIpc) is 3.55. The molecule has 2 aliphatic rings. The number of thiophene rings is 1. The Morgan fingerprint density at radius 2 is 1.78 bits per heavy atom. The molecule has 2 aromatic carbocycles. The van der Waals surface area contributed by atoms with Crippen LogP contribution >= 0.6 is 11.3 Å². The van der Waals surface area contributed by atoms with Gasteiger partial charge >= 0.3 is 0 Å². The quantitative estimate of drug-likeness (QED) is 0.578. The number of amides is 1. The molecule has 9 heteroatoms. The van der Waals surface area contributed by atoms with E-state index in [1.54, 1.807) is 35.3 Å². The van der Waals surface area contributed by atoms with E-state index in [1.807, 2.05) is 61.5 Å². The molecule has 0 aliphatic carbocycles. The summed E-state index contributed by atoms with van der Waals surface area (Å²) in [6, 6.07) is 17.6. The van der Waals surface area contributed by atoms with Crippen LogP contribution in [0.15, 0.2) is 87.0 Å². The van der Waals surface area contributed by atoms with E-state index in [0.717, 1.165) is 28.0 Å². The minimum absolute atomic E-state index is 0.0394. The van der Waals surface area contributed by atoms with Gasteiger partial charge in [-0.3, -0.25) is 9.80 Å². The van der Waals surface area contributed by atoms with Crippen LogP contribution in [0.2, 0.25) is 0 Å². The lowest BCUT2D eigenvalue weighted by atomic mass is 10.0. The predicted molar refractivity (Wildman–Crippen MR) is 144 cm³/mol. The minimum Gasteiger partial charge on any atom is -0.444 e. The van der Waals surface area contributed by atoms with Crippen LogP contribution < -0.4 is 5.73 Å². The van der Waals surface area contributed by atoms with E-state index in [2.05, 4.69) is 22.9 Å². The number of nitrogens with two attached hydrogens (primary N) is 1. The number of rotatable bonds is 5. The molecule has 0 saturated carbocycles. The molecule has 184 valence electrons. The van der Waals surface area contributed by atoms with Crippen molar-refractivity contribution in [1.82, 2.24) is 14.8 Å². The SMILES string of the molecule is CN(C)C(=O)c1ccc(C2=NC(C3OC(c4ccccc4-c4ccsc4)=NN3C)=C(N)N(C)C2)cc1. The highest BCUT2D eigenvalue weighted by molar-refractivity contribution is 7.08. The maximum absolute atomic E-state index is 12.3.